The normalized spacial score (nSPS) is 18.4. The SMILES string of the molecule is COC(=O)C1=CCC(c2cnc(C)cc2C)C=C1. The molecular formula is C15H17NO2. The number of hydrogen-bond acceptors (Lipinski definition) is 3. The van der Waals surface area contributed by atoms with Crippen molar-refractivity contribution in [2.45, 2.75) is 26.2 Å². The van der Waals surface area contributed by atoms with Crippen molar-refractivity contribution in [3.63, 3.8) is 0 Å². The molecule has 0 saturated carbocycles. The van der Waals surface area contributed by atoms with E-state index in [0.717, 1.165) is 12.1 Å². The second kappa shape index (κ2) is 5.17. The largest absolute Gasteiger partial charge is 0.465 e. The van der Waals surface area contributed by atoms with E-state index in [9.17, 15) is 4.79 Å². The van der Waals surface area contributed by atoms with Crippen LogP contribution in [-0.2, 0) is 9.53 Å². The zero-order chi connectivity index (χ0) is 13.1. The fourth-order valence-electron chi connectivity index (χ4n) is 2.22. The number of nitrogens with zero attached hydrogens (tertiary/aromatic N) is 1. The van der Waals surface area contributed by atoms with Gasteiger partial charge in [-0.05, 0) is 37.5 Å². The van der Waals surface area contributed by atoms with Crippen molar-refractivity contribution in [3.05, 3.63) is 52.9 Å². The summed E-state index contributed by atoms with van der Waals surface area (Å²) >= 11 is 0. The van der Waals surface area contributed by atoms with Gasteiger partial charge >= 0.3 is 5.97 Å². The molecule has 1 aliphatic rings. The Balaban J connectivity index is 2.18. The van der Waals surface area contributed by atoms with E-state index in [4.69, 9.17) is 4.74 Å². The van der Waals surface area contributed by atoms with Gasteiger partial charge in [0.2, 0.25) is 0 Å². The highest BCUT2D eigenvalue weighted by atomic mass is 16.5. The van der Waals surface area contributed by atoms with Gasteiger partial charge in [-0.3, -0.25) is 4.98 Å². The van der Waals surface area contributed by atoms with Crippen LogP contribution in [0.3, 0.4) is 0 Å². The minimum absolute atomic E-state index is 0.275. The van der Waals surface area contributed by atoms with Crippen LogP contribution in [0, 0.1) is 13.8 Å². The summed E-state index contributed by atoms with van der Waals surface area (Å²) in [6.07, 6.45) is 8.55. The zero-order valence-electron chi connectivity index (χ0n) is 10.9. The van der Waals surface area contributed by atoms with Crippen LogP contribution >= 0.6 is 0 Å². The van der Waals surface area contributed by atoms with Crippen LogP contribution in [0.2, 0.25) is 0 Å². The van der Waals surface area contributed by atoms with Gasteiger partial charge in [0.1, 0.15) is 0 Å². The van der Waals surface area contributed by atoms with E-state index in [-0.39, 0.29) is 5.97 Å². The number of methoxy groups -OCH3 is 1. The number of hydrogen-bond donors (Lipinski definition) is 0. The molecule has 0 amide bonds. The molecule has 1 heterocycles. The summed E-state index contributed by atoms with van der Waals surface area (Å²) in [6, 6.07) is 2.09. The molecule has 3 heteroatoms. The van der Waals surface area contributed by atoms with Gasteiger partial charge in [0.05, 0.1) is 12.7 Å². The lowest BCUT2D eigenvalue weighted by molar-refractivity contribution is -0.135. The molecule has 0 aliphatic heterocycles. The van der Waals surface area contributed by atoms with Crippen LogP contribution in [0.4, 0.5) is 0 Å². The first-order chi connectivity index (χ1) is 8.61. The molecule has 0 bridgehead atoms. The molecule has 1 unspecified atom stereocenters. The van der Waals surface area contributed by atoms with Crippen molar-refractivity contribution in [1.29, 1.82) is 0 Å². The Hall–Kier alpha value is -1.90. The third-order valence-electron chi connectivity index (χ3n) is 3.21. The Morgan fingerprint density at radius 1 is 1.44 bits per heavy atom. The van der Waals surface area contributed by atoms with Gasteiger partial charge in [-0.25, -0.2) is 4.79 Å². The molecular weight excluding hydrogens is 226 g/mol. The maximum atomic E-state index is 11.4. The first kappa shape index (κ1) is 12.6. The monoisotopic (exact) mass is 243 g/mol. The highest BCUT2D eigenvalue weighted by Gasteiger charge is 2.16. The molecule has 1 atom stereocenters. The van der Waals surface area contributed by atoms with Gasteiger partial charge in [-0.2, -0.15) is 0 Å². The van der Waals surface area contributed by atoms with Crippen molar-refractivity contribution in [2.75, 3.05) is 7.11 Å². The lowest BCUT2D eigenvalue weighted by Crippen LogP contribution is -2.08. The maximum Gasteiger partial charge on any atom is 0.337 e. The van der Waals surface area contributed by atoms with Crippen LogP contribution in [-0.4, -0.2) is 18.1 Å². The highest BCUT2D eigenvalue weighted by Crippen LogP contribution is 2.28. The van der Waals surface area contributed by atoms with Gasteiger partial charge < -0.3 is 4.74 Å². The minimum Gasteiger partial charge on any atom is -0.465 e. The smallest absolute Gasteiger partial charge is 0.337 e. The molecule has 0 radical (unpaired) electrons. The quantitative estimate of drug-likeness (QED) is 0.750. The van der Waals surface area contributed by atoms with E-state index in [0.29, 0.717) is 11.5 Å². The predicted molar refractivity (Wildman–Crippen MR) is 70.3 cm³/mol. The molecule has 94 valence electrons. The zero-order valence-corrected chi connectivity index (χ0v) is 10.9. The highest BCUT2D eigenvalue weighted by molar-refractivity contribution is 5.91. The molecule has 0 spiro atoms. The molecule has 0 N–H and O–H groups in total. The van der Waals surface area contributed by atoms with Crippen LogP contribution in [0.25, 0.3) is 0 Å². The molecule has 3 nitrogen and oxygen atoms in total. The number of carbonyl (C=O) groups excluding carboxylic acids is 1. The number of carbonyl (C=O) groups is 1. The van der Waals surface area contributed by atoms with Crippen molar-refractivity contribution in [3.8, 4) is 0 Å². The van der Waals surface area contributed by atoms with Crippen molar-refractivity contribution in [2.24, 2.45) is 0 Å². The molecule has 1 aromatic rings. The average molecular weight is 243 g/mol. The summed E-state index contributed by atoms with van der Waals surface area (Å²) in [4.78, 5) is 15.7. The number of rotatable bonds is 2. The fraction of sp³-hybridized carbons (Fsp3) is 0.333. The van der Waals surface area contributed by atoms with E-state index in [2.05, 4.69) is 18.0 Å². The summed E-state index contributed by atoms with van der Waals surface area (Å²) in [5.41, 5.74) is 4.12. The number of allylic oxidation sites excluding steroid dienone is 2. The van der Waals surface area contributed by atoms with Crippen molar-refractivity contribution >= 4 is 5.97 Å². The summed E-state index contributed by atoms with van der Waals surface area (Å²) in [5, 5.41) is 0. The Morgan fingerprint density at radius 3 is 2.78 bits per heavy atom. The first-order valence-electron chi connectivity index (χ1n) is 6.01. The molecule has 0 saturated heterocycles. The van der Waals surface area contributed by atoms with Gasteiger partial charge in [0.25, 0.3) is 0 Å². The number of esters is 1. The number of aromatic nitrogens is 1. The lowest BCUT2D eigenvalue weighted by Gasteiger charge is -2.17. The van der Waals surface area contributed by atoms with Crippen LogP contribution in [0.5, 0.6) is 0 Å². The van der Waals surface area contributed by atoms with E-state index in [1.54, 1.807) is 0 Å². The molecule has 1 aliphatic carbocycles. The van der Waals surface area contributed by atoms with Gasteiger partial charge in [-0.1, -0.05) is 18.2 Å². The molecule has 18 heavy (non-hydrogen) atoms. The Kier molecular flexibility index (Phi) is 3.60. The Labute approximate surface area is 107 Å². The standard InChI is InChI=1S/C15H17NO2/c1-10-8-11(2)16-9-14(10)12-4-6-13(7-5-12)15(17)18-3/h4,6-9,12H,5H2,1-3H3. The summed E-state index contributed by atoms with van der Waals surface area (Å²) < 4.78 is 4.70. The lowest BCUT2D eigenvalue weighted by atomic mass is 9.88. The number of pyridine rings is 1. The average Bonchev–Trinajstić information content (AvgIpc) is 2.38. The summed E-state index contributed by atoms with van der Waals surface area (Å²) in [5.74, 6) is 0.0231. The second-order valence-corrected chi connectivity index (χ2v) is 4.53. The number of aryl methyl sites for hydroxylation is 2. The Morgan fingerprint density at radius 2 is 2.22 bits per heavy atom. The molecule has 2 rings (SSSR count). The fourth-order valence-corrected chi connectivity index (χ4v) is 2.22. The van der Waals surface area contributed by atoms with Crippen LogP contribution in [0.15, 0.2) is 36.1 Å². The molecule has 0 aromatic carbocycles. The minimum atomic E-state index is -0.275. The van der Waals surface area contributed by atoms with E-state index in [1.165, 1.54) is 18.2 Å². The molecule has 0 fully saturated rings. The second-order valence-electron chi connectivity index (χ2n) is 4.53. The van der Waals surface area contributed by atoms with Gasteiger partial charge in [-0.15, -0.1) is 0 Å². The summed E-state index contributed by atoms with van der Waals surface area (Å²) in [7, 11) is 1.40. The van der Waals surface area contributed by atoms with E-state index < -0.39 is 0 Å². The van der Waals surface area contributed by atoms with Gasteiger partial charge in [0, 0.05) is 17.8 Å². The third-order valence-corrected chi connectivity index (χ3v) is 3.21. The van der Waals surface area contributed by atoms with Crippen molar-refractivity contribution < 1.29 is 9.53 Å². The topological polar surface area (TPSA) is 39.2 Å². The maximum absolute atomic E-state index is 11.4. The summed E-state index contributed by atoms with van der Waals surface area (Å²) in [6.45, 7) is 4.08. The van der Waals surface area contributed by atoms with Crippen LogP contribution < -0.4 is 0 Å². The predicted octanol–water partition coefficient (Wildman–Crippen LogP) is 2.84. The first-order valence-corrected chi connectivity index (χ1v) is 6.01. The third kappa shape index (κ3) is 2.50. The van der Waals surface area contributed by atoms with E-state index in [1.807, 2.05) is 31.3 Å². The number of ether oxygens (including phenoxy) is 1. The van der Waals surface area contributed by atoms with Gasteiger partial charge in [0.15, 0.2) is 0 Å². The Bertz CT molecular complexity index is 529. The van der Waals surface area contributed by atoms with E-state index >= 15 is 0 Å². The molecule has 1 aromatic heterocycles. The van der Waals surface area contributed by atoms with Crippen molar-refractivity contribution in [1.82, 2.24) is 4.98 Å². The van der Waals surface area contributed by atoms with Crippen LogP contribution in [0.1, 0.15) is 29.2 Å².